The summed E-state index contributed by atoms with van der Waals surface area (Å²) in [6.45, 7) is 3.79. The highest BCUT2D eigenvalue weighted by Gasteiger charge is 2.52. The zero-order valence-electron chi connectivity index (χ0n) is 18.9. The number of hydrogen-bond donors (Lipinski definition) is 1. The zero-order valence-corrected chi connectivity index (χ0v) is 21.3. The second kappa shape index (κ2) is 10.1. The number of nitrogens with zero attached hydrogens (tertiary/aromatic N) is 2. The van der Waals surface area contributed by atoms with Gasteiger partial charge in [-0.05, 0) is 48.2 Å². The summed E-state index contributed by atoms with van der Waals surface area (Å²) in [5.41, 5.74) is 0.831. The molecule has 1 saturated heterocycles. The predicted molar refractivity (Wildman–Crippen MR) is 135 cm³/mol. The van der Waals surface area contributed by atoms with E-state index in [1.807, 2.05) is 65.7 Å². The van der Waals surface area contributed by atoms with Crippen molar-refractivity contribution in [1.29, 1.82) is 0 Å². The van der Waals surface area contributed by atoms with Gasteiger partial charge in [0.15, 0.2) is 0 Å². The van der Waals surface area contributed by atoms with E-state index < -0.39 is 11.4 Å². The number of rotatable bonds is 7. The Kier molecular flexibility index (Phi) is 7.31. The van der Waals surface area contributed by atoms with Gasteiger partial charge in [0, 0.05) is 27.5 Å². The number of carboxylic acid groups (broad SMARTS) is 1. The van der Waals surface area contributed by atoms with E-state index in [2.05, 4.69) is 4.98 Å². The topological polar surface area (TPSA) is 70.5 Å². The van der Waals surface area contributed by atoms with Crippen LogP contribution in [0, 0.1) is 5.41 Å². The second-order valence-corrected chi connectivity index (χ2v) is 10.8. The lowest BCUT2D eigenvalue weighted by Crippen LogP contribution is -2.53. The summed E-state index contributed by atoms with van der Waals surface area (Å²) in [7, 11) is 0. The molecule has 34 heavy (non-hydrogen) atoms. The molecule has 1 aliphatic rings. The summed E-state index contributed by atoms with van der Waals surface area (Å²) >= 11 is 14.1. The van der Waals surface area contributed by atoms with Crippen LogP contribution in [0.5, 0.6) is 0 Å². The SMILES string of the molecule is CC[C@H](c1nccs1)N1C(=O)[C@](C)(CC(=O)O)C[C@H](c2cccc(Cl)c2)[C@H]1c1ccc(Cl)cc1. The third-order valence-electron chi connectivity index (χ3n) is 6.59. The lowest BCUT2D eigenvalue weighted by molar-refractivity contribution is -0.160. The van der Waals surface area contributed by atoms with Crippen LogP contribution in [-0.4, -0.2) is 26.9 Å². The smallest absolute Gasteiger partial charge is 0.304 e. The molecule has 0 bridgehead atoms. The van der Waals surface area contributed by atoms with Gasteiger partial charge in [-0.15, -0.1) is 11.3 Å². The molecule has 4 rings (SSSR count). The predicted octanol–water partition coefficient (Wildman–Crippen LogP) is 7.14. The summed E-state index contributed by atoms with van der Waals surface area (Å²) in [6, 6.07) is 14.5. The average Bonchev–Trinajstić information content (AvgIpc) is 3.32. The number of benzene rings is 2. The maximum atomic E-state index is 14.2. The lowest BCUT2D eigenvalue weighted by atomic mass is 9.67. The summed E-state index contributed by atoms with van der Waals surface area (Å²) in [4.78, 5) is 32.4. The molecule has 1 N–H and O–H groups in total. The fraction of sp³-hybridized carbons (Fsp3) is 0.346. The van der Waals surface area contributed by atoms with Gasteiger partial charge in [-0.2, -0.15) is 0 Å². The highest BCUT2D eigenvalue weighted by molar-refractivity contribution is 7.09. The number of thiazole rings is 1. The van der Waals surface area contributed by atoms with Gasteiger partial charge in [0.05, 0.1) is 23.9 Å². The van der Waals surface area contributed by atoms with Crippen LogP contribution in [0.1, 0.15) is 67.2 Å². The van der Waals surface area contributed by atoms with Gasteiger partial charge in [-0.1, -0.05) is 61.3 Å². The van der Waals surface area contributed by atoms with Crippen molar-refractivity contribution in [3.05, 3.63) is 86.3 Å². The first-order chi connectivity index (χ1) is 16.2. The third kappa shape index (κ3) is 4.85. The van der Waals surface area contributed by atoms with Gasteiger partial charge in [-0.25, -0.2) is 4.98 Å². The van der Waals surface area contributed by atoms with Crippen LogP contribution >= 0.6 is 34.5 Å². The molecule has 1 aromatic heterocycles. The highest BCUT2D eigenvalue weighted by Crippen LogP contribution is 2.54. The first-order valence-electron chi connectivity index (χ1n) is 11.2. The summed E-state index contributed by atoms with van der Waals surface area (Å²) in [5, 5.41) is 13.7. The summed E-state index contributed by atoms with van der Waals surface area (Å²) < 4.78 is 0. The fourth-order valence-electron chi connectivity index (χ4n) is 5.11. The standard InChI is InChI=1S/C26H26Cl2N2O3S/c1-3-21(24-29-11-12-34-24)30-23(16-7-9-18(27)10-8-16)20(17-5-4-6-19(28)13-17)14-26(2,25(30)33)15-22(31)32/h4-13,20-21,23H,3,14-15H2,1-2H3,(H,31,32)/t20-,21-,23-,26+/m1/s1. The minimum Gasteiger partial charge on any atom is -0.481 e. The molecule has 178 valence electrons. The van der Waals surface area contributed by atoms with E-state index >= 15 is 0 Å². The molecule has 1 fully saturated rings. The molecule has 4 atom stereocenters. The van der Waals surface area contributed by atoms with Gasteiger partial charge in [0.2, 0.25) is 5.91 Å². The van der Waals surface area contributed by atoms with Crippen LogP contribution in [0.4, 0.5) is 0 Å². The van der Waals surface area contributed by atoms with Crippen molar-refractivity contribution in [2.24, 2.45) is 5.41 Å². The molecule has 8 heteroatoms. The van der Waals surface area contributed by atoms with Crippen molar-refractivity contribution >= 4 is 46.4 Å². The number of carboxylic acids is 1. The van der Waals surface area contributed by atoms with E-state index in [0.717, 1.165) is 16.1 Å². The Morgan fingerprint density at radius 3 is 2.53 bits per heavy atom. The van der Waals surface area contributed by atoms with Crippen molar-refractivity contribution in [2.45, 2.75) is 51.1 Å². The minimum absolute atomic E-state index is 0.170. The van der Waals surface area contributed by atoms with Crippen LogP contribution in [0.25, 0.3) is 0 Å². The van der Waals surface area contributed by atoms with E-state index in [0.29, 0.717) is 22.9 Å². The van der Waals surface area contributed by atoms with E-state index in [4.69, 9.17) is 23.2 Å². The molecule has 1 aliphatic heterocycles. The number of likely N-dealkylation sites (tertiary alicyclic amines) is 1. The van der Waals surface area contributed by atoms with Crippen molar-refractivity contribution in [2.75, 3.05) is 0 Å². The molecule has 1 amide bonds. The Balaban J connectivity index is 1.94. The third-order valence-corrected chi connectivity index (χ3v) is 7.95. The number of aromatic nitrogens is 1. The first kappa shape index (κ1) is 24.7. The molecule has 0 radical (unpaired) electrons. The molecular formula is C26H26Cl2N2O3S. The van der Waals surface area contributed by atoms with E-state index in [1.54, 1.807) is 13.1 Å². The van der Waals surface area contributed by atoms with Gasteiger partial charge in [0.25, 0.3) is 0 Å². The van der Waals surface area contributed by atoms with Gasteiger partial charge in [0.1, 0.15) is 5.01 Å². The van der Waals surface area contributed by atoms with Crippen molar-refractivity contribution in [3.8, 4) is 0 Å². The van der Waals surface area contributed by atoms with Crippen molar-refractivity contribution < 1.29 is 14.7 Å². The fourth-order valence-corrected chi connectivity index (χ4v) is 6.26. The van der Waals surface area contributed by atoms with Crippen LogP contribution in [0.3, 0.4) is 0 Å². The van der Waals surface area contributed by atoms with Gasteiger partial charge >= 0.3 is 5.97 Å². The Bertz CT molecular complexity index is 1170. The van der Waals surface area contributed by atoms with Crippen LogP contribution in [0.15, 0.2) is 60.1 Å². The lowest BCUT2D eigenvalue weighted by Gasteiger charge is -2.51. The second-order valence-electron chi connectivity index (χ2n) is 9.00. The Labute approximate surface area is 213 Å². The number of amides is 1. The number of carbonyl (C=O) groups is 2. The first-order valence-corrected chi connectivity index (χ1v) is 12.8. The number of hydrogen-bond acceptors (Lipinski definition) is 4. The number of carbonyl (C=O) groups excluding carboxylic acids is 1. The number of aliphatic carboxylic acids is 1. The minimum atomic E-state index is -1.08. The average molecular weight is 517 g/mol. The number of piperidine rings is 1. The molecular weight excluding hydrogens is 491 g/mol. The Hall–Kier alpha value is -2.41. The molecule has 0 unspecified atom stereocenters. The zero-order chi connectivity index (χ0) is 24.5. The summed E-state index contributed by atoms with van der Waals surface area (Å²) in [6.07, 6.45) is 2.52. The van der Waals surface area contributed by atoms with Crippen molar-refractivity contribution in [3.63, 3.8) is 0 Å². The number of halogens is 2. The molecule has 0 aliphatic carbocycles. The largest absolute Gasteiger partial charge is 0.481 e. The van der Waals surface area contributed by atoms with Gasteiger partial charge in [-0.3, -0.25) is 9.59 Å². The Morgan fingerprint density at radius 2 is 1.94 bits per heavy atom. The van der Waals surface area contributed by atoms with E-state index in [9.17, 15) is 14.7 Å². The van der Waals surface area contributed by atoms with Crippen molar-refractivity contribution in [1.82, 2.24) is 9.88 Å². The van der Waals surface area contributed by atoms with Crippen LogP contribution < -0.4 is 0 Å². The van der Waals surface area contributed by atoms with Crippen LogP contribution in [-0.2, 0) is 9.59 Å². The quantitative estimate of drug-likeness (QED) is 0.362. The van der Waals surface area contributed by atoms with Gasteiger partial charge < -0.3 is 10.0 Å². The van der Waals surface area contributed by atoms with Crippen LogP contribution in [0.2, 0.25) is 10.0 Å². The monoisotopic (exact) mass is 516 g/mol. The Morgan fingerprint density at radius 1 is 1.21 bits per heavy atom. The molecule has 5 nitrogen and oxygen atoms in total. The van der Waals surface area contributed by atoms with E-state index in [1.165, 1.54) is 11.3 Å². The maximum Gasteiger partial charge on any atom is 0.304 e. The molecule has 2 aromatic carbocycles. The normalized spacial score (nSPS) is 23.6. The summed E-state index contributed by atoms with van der Waals surface area (Å²) in [5.74, 6) is -1.33. The molecule has 0 spiro atoms. The molecule has 2 heterocycles. The molecule has 3 aromatic rings. The molecule has 0 saturated carbocycles. The highest BCUT2D eigenvalue weighted by atomic mass is 35.5. The van der Waals surface area contributed by atoms with E-state index in [-0.39, 0.29) is 30.3 Å². The maximum absolute atomic E-state index is 14.2.